The van der Waals surface area contributed by atoms with Gasteiger partial charge < -0.3 is 19.8 Å². The number of likely N-dealkylation sites (N-methyl/N-ethyl adjacent to an activating group) is 1. The number of aliphatic hydroxyl groups is 1. The summed E-state index contributed by atoms with van der Waals surface area (Å²) in [6.45, 7) is 4.73. The van der Waals surface area contributed by atoms with Gasteiger partial charge in [-0.2, -0.15) is 0 Å². The molecule has 0 aromatic carbocycles. The van der Waals surface area contributed by atoms with Crippen LogP contribution in [0.15, 0.2) is 109 Å². The summed E-state index contributed by atoms with van der Waals surface area (Å²) in [5, 5.41) is 13.9. The van der Waals surface area contributed by atoms with Gasteiger partial charge in [0.2, 0.25) is 5.91 Å². The maximum Gasteiger partial charge on any atom is 0.472 e. The topological polar surface area (TPSA) is 105 Å². The van der Waals surface area contributed by atoms with Gasteiger partial charge in [0.25, 0.3) is 0 Å². The van der Waals surface area contributed by atoms with E-state index in [-0.39, 0.29) is 19.1 Å². The van der Waals surface area contributed by atoms with Crippen LogP contribution in [0.3, 0.4) is 0 Å². The predicted octanol–water partition coefficient (Wildman–Crippen LogP) is 16.0. The Hall–Kier alpha value is -2.84. The Balaban J connectivity index is 4.13. The zero-order chi connectivity index (χ0) is 49.2. The van der Waals surface area contributed by atoms with Crippen molar-refractivity contribution in [3.8, 4) is 0 Å². The summed E-state index contributed by atoms with van der Waals surface area (Å²) in [6.07, 6.45) is 70.0. The number of amides is 1. The first kappa shape index (κ1) is 64.2. The summed E-state index contributed by atoms with van der Waals surface area (Å²) in [4.78, 5) is 23.2. The highest BCUT2D eigenvalue weighted by atomic mass is 31.2. The van der Waals surface area contributed by atoms with E-state index in [1.807, 2.05) is 21.1 Å². The summed E-state index contributed by atoms with van der Waals surface area (Å²) in [6, 6.07) is -0.772. The van der Waals surface area contributed by atoms with E-state index in [0.29, 0.717) is 23.9 Å². The van der Waals surface area contributed by atoms with Gasteiger partial charge in [-0.25, -0.2) is 4.57 Å². The van der Waals surface area contributed by atoms with Crippen molar-refractivity contribution >= 4 is 13.7 Å². The molecule has 3 N–H and O–H groups in total. The number of aliphatic hydroxyl groups excluding tert-OH is 1. The van der Waals surface area contributed by atoms with Gasteiger partial charge in [0.05, 0.1) is 39.9 Å². The van der Waals surface area contributed by atoms with E-state index in [9.17, 15) is 19.4 Å². The van der Waals surface area contributed by atoms with Crippen LogP contribution in [0.2, 0.25) is 0 Å². The SMILES string of the molecule is CC/C=C\C/C=C\C/C=C\C/C=C\C/C=C\C/C=C\C/C=C\C/C=C\C/C=C\CCCCCCCCCC(=O)NC(COP(=O)(O)OCC[N+](C)(C)C)C(O)CCCCCCCCCCCC. The molecule has 0 rings (SSSR count). The number of hydrogen-bond acceptors (Lipinski definition) is 5. The lowest BCUT2D eigenvalue weighted by Gasteiger charge is -2.26. The monoisotopic (exact) mass is 954 g/mol. The van der Waals surface area contributed by atoms with Crippen molar-refractivity contribution < 1.29 is 32.9 Å². The number of quaternary nitrogens is 1. The zero-order valence-corrected chi connectivity index (χ0v) is 44.5. The maximum absolute atomic E-state index is 12.9. The van der Waals surface area contributed by atoms with Gasteiger partial charge >= 0.3 is 7.82 Å². The fraction of sp³-hybridized carbons (Fsp3) is 0.672. The van der Waals surface area contributed by atoms with Crippen LogP contribution >= 0.6 is 7.82 Å². The molecule has 0 fully saturated rings. The van der Waals surface area contributed by atoms with Gasteiger partial charge in [-0.05, 0) is 83.5 Å². The van der Waals surface area contributed by atoms with Crippen LogP contribution in [-0.2, 0) is 18.4 Å². The van der Waals surface area contributed by atoms with Gasteiger partial charge in [0, 0.05) is 6.42 Å². The Morgan fingerprint density at radius 1 is 0.522 bits per heavy atom. The number of nitrogens with one attached hydrogen (secondary N) is 1. The molecular formula is C58H102N2O6P+. The number of unbranched alkanes of at least 4 members (excludes halogenated alkanes) is 16. The normalized spacial score (nSPS) is 14.9. The van der Waals surface area contributed by atoms with Crippen LogP contribution < -0.4 is 5.32 Å². The van der Waals surface area contributed by atoms with Crippen molar-refractivity contribution in [1.82, 2.24) is 5.32 Å². The average molecular weight is 954 g/mol. The third-order valence-corrected chi connectivity index (χ3v) is 12.3. The number of nitrogens with zero attached hydrogens (tertiary/aromatic N) is 1. The molecular weight excluding hydrogens is 852 g/mol. The molecule has 0 saturated carbocycles. The minimum absolute atomic E-state index is 0.0666. The van der Waals surface area contributed by atoms with Crippen molar-refractivity contribution in [2.45, 2.75) is 212 Å². The quantitative estimate of drug-likeness (QED) is 0.0243. The molecule has 0 spiro atoms. The first-order chi connectivity index (χ1) is 32.5. The molecule has 8 nitrogen and oxygen atoms in total. The highest BCUT2D eigenvalue weighted by Gasteiger charge is 2.28. The van der Waals surface area contributed by atoms with E-state index in [1.54, 1.807) is 0 Å². The zero-order valence-electron chi connectivity index (χ0n) is 43.6. The Morgan fingerprint density at radius 3 is 1.31 bits per heavy atom. The van der Waals surface area contributed by atoms with Crippen LogP contribution in [-0.4, -0.2) is 73.4 Å². The molecule has 0 radical (unpaired) electrons. The number of carbonyl (C=O) groups excluding carboxylic acids is 1. The number of phosphoric ester groups is 1. The second-order valence-electron chi connectivity index (χ2n) is 18.9. The second-order valence-corrected chi connectivity index (χ2v) is 20.3. The highest BCUT2D eigenvalue weighted by molar-refractivity contribution is 7.47. The van der Waals surface area contributed by atoms with Gasteiger partial charge in [-0.15, -0.1) is 0 Å². The Morgan fingerprint density at radius 2 is 0.896 bits per heavy atom. The van der Waals surface area contributed by atoms with Crippen LogP contribution in [0.1, 0.15) is 200 Å². The molecule has 0 aromatic rings. The molecule has 0 aromatic heterocycles. The van der Waals surface area contributed by atoms with Crippen molar-refractivity contribution in [1.29, 1.82) is 0 Å². The first-order valence-corrected chi connectivity index (χ1v) is 28.2. The van der Waals surface area contributed by atoms with Gasteiger partial charge in [0.15, 0.2) is 0 Å². The van der Waals surface area contributed by atoms with Crippen molar-refractivity contribution in [3.63, 3.8) is 0 Å². The summed E-state index contributed by atoms with van der Waals surface area (Å²) < 4.78 is 23.6. The summed E-state index contributed by atoms with van der Waals surface area (Å²) in [7, 11) is 1.59. The van der Waals surface area contributed by atoms with Crippen LogP contribution in [0, 0.1) is 0 Å². The van der Waals surface area contributed by atoms with Crippen molar-refractivity contribution in [2.24, 2.45) is 0 Å². The minimum Gasteiger partial charge on any atom is -0.391 e. The number of rotatable bonds is 47. The molecule has 384 valence electrons. The molecule has 3 unspecified atom stereocenters. The molecule has 67 heavy (non-hydrogen) atoms. The molecule has 1 amide bonds. The summed E-state index contributed by atoms with van der Waals surface area (Å²) >= 11 is 0. The van der Waals surface area contributed by atoms with Crippen LogP contribution in [0.25, 0.3) is 0 Å². The predicted molar refractivity (Wildman–Crippen MR) is 290 cm³/mol. The fourth-order valence-corrected chi connectivity index (χ4v) is 7.83. The number of hydrogen-bond donors (Lipinski definition) is 3. The minimum atomic E-state index is -4.32. The lowest BCUT2D eigenvalue weighted by molar-refractivity contribution is -0.870. The first-order valence-electron chi connectivity index (χ1n) is 26.8. The molecule has 0 aliphatic rings. The van der Waals surface area contributed by atoms with Gasteiger partial charge in [-0.1, -0.05) is 220 Å². The maximum atomic E-state index is 12.9. The molecule has 3 atom stereocenters. The van der Waals surface area contributed by atoms with Crippen LogP contribution in [0.5, 0.6) is 0 Å². The molecule has 9 heteroatoms. The summed E-state index contributed by atoms with van der Waals surface area (Å²) in [5.41, 5.74) is 0. The lowest BCUT2D eigenvalue weighted by atomic mass is 10.0. The molecule has 0 saturated heterocycles. The van der Waals surface area contributed by atoms with Crippen LogP contribution in [0.4, 0.5) is 0 Å². The molecule has 0 aliphatic carbocycles. The molecule has 0 heterocycles. The number of carbonyl (C=O) groups is 1. The Bertz CT molecular complexity index is 1450. The Labute approximate surface area is 412 Å². The average Bonchev–Trinajstić information content (AvgIpc) is 3.29. The van der Waals surface area contributed by atoms with Gasteiger partial charge in [0.1, 0.15) is 13.2 Å². The van der Waals surface area contributed by atoms with Gasteiger partial charge in [-0.3, -0.25) is 13.8 Å². The smallest absolute Gasteiger partial charge is 0.391 e. The largest absolute Gasteiger partial charge is 0.472 e. The number of allylic oxidation sites excluding steroid dienone is 18. The standard InChI is InChI=1S/C58H101N2O6P/c1-6-8-10-12-14-16-18-19-20-21-22-23-24-25-26-27-28-29-30-31-32-33-34-35-36-37-38-39-40-41-42-44-46-48-50-52-58(62)59-56(55-66-67(63,64)65-54-53-60(3,4)5)57(61)51-49-47-45-43-17-15-13-11-9-7-2/h8,10,14,16,19-20,22-23,25-26,28-29,31-32,34-35,37-38,56-57,61H,6-7,9,11-13,15,17-18,21,24,27,30,33,36,39-55H2,1-5H3,(H-,59,62,63,64)/p+1/b10-8-,16-14-,20-19-,23-22-,26-25-,29-28-,32-31-,35-34-,38-37-. The van der Waals surface area contributed by atoms with Crippen molar-refractivity contribution in [3.05, 3.63) is 109 Å². The van der Waals surface area contributed by atoms with E-state index in [1.165, 1.54) is 64.2 Å². The lowest BCUT2D eigenvalue weighted by Crippen LogP contribution is -2.46. The van der Waals surface area contributed by atoms with E-state index >= 15 is 0 Å². The fourth-order valence-electron chi connectivity index (χ4n) is 7.10. The summed E-state index contributed by atoms with van der Waals surface area (Å²) in [5.74, 6) is -0.163. The highest BCUT2D eigenvalue weighted by Crippen LogP contribution is 2.43. The second kappa shape index (κ2) is 48.2. The Kier molecular flexibility index (Phi) is 46.2. The number of phosphoric acid groups is 1. The molecule has 0 bridgehead atoms. The third kappa shape index (κ3) is 50.9. The van der Waals surface area contributed by atoms with E-state index in [4.69, 9.17) is 9.05 Å². The van der Waals surface area contributed by atoms with E-state index in [0.717, 1.165) is 109 Å². The van der Waals surface area contributed by atoms with E-state index < -0.39 is 20.0 Å². The van der Waals surface area contributed by atoms with E-state index in [2.05, 4.69) is 129 Å². The third-order valence-electron chi connectivity index (χ3n) is 11.3. The molecule has 0 aliphatic heterocycles. The van der Waals surface area contributed by atoms with Crippen molar-refractivity contribution in [2.75, 3.05) is 40.9 Å².